The first-order valence-corrected chi connectivity index (χ1v) is 5.61. The molecule has 1 heterocycles. The van der Waals surface area contributed by atoms with Crippen LogP contribution < -0.4 is 4.90 Å². The van der Waals surface area contributed by atoms with E-state index in [2.05, 4.69) is 4.98 Å². The number of hydrogen-bond donors (Lipinski definition) is 1. The molecule has 0 fully saturated rings. The van der Waals surface area contributed by atoms with Crippen LogP contribution in [0, 0.1) is 0 Å². The van der Waals surface area contributed by atoms with Crippen LogP contribution >= 0.6 is 0 Å². The number of nitrogens with zero attached hydrogens (tertiary/aromatic N) is 2. The van der Waals surface area contributed by atoms with E-state index in [0.29, 0.717) is 6.42 Å². The third-order valence-corrected chi connectivity index (χ3v) is 2.69. The van der Waals surface area contributed by atoms with Crippen molar-refractivity contribution in [1.29, 1.82) is 0 Å². The number of aromatic hydroxyl groups is 1. The molecule has 1 N–H and O–H groups in total. The van der Waals surface area contributed by atoms with E-state index in [1.807, 2.05) is 12.1 Å². The van der Waals surface area contributed by atoms with Gasteiger partial charge in [-0.05, 0) is 35.9 Å². The number of likely N-dealkylation sites (N-methyl/N-ethyl adjacent to an activating group) is 1. The summed E-state index contributed by atoms with van der Waals surface area (Å²) in [7, 11) is 1.71. The Morgan fingerprint density at radius 1 is 1.28 bits per heavy atom. The number of aromatic nitrogens is 1. The minimum absolute atomic E-state index is 0.0197. The summed E-state index contributed by atoms with van der Waals surface area (Å²) < 4.78 is 0. The molecular weight excluding hydrogens is 228 g/mol. The number of hydrogen-bond acceptors (Lipinski definition) is 3. The number of pyridine rings is 1. The van der Waals surface area contributed by atoms with E-state index in [9.17, 15) is 9.90 Å². The smallest absolute Gasteiger partial charge is 0.231 e. The van der Waals surface area contributed by atoms with Gasteiger partial charge in [-0.15, -0.1) is 0 Å². The van der Waals surface area contributed by atoms with Crippen LogP contribution in [0.2, 0.25) is 0 Å². The fraction of sp³-hybridized carbons (Fsp3) is 0.143. The van der Waals surface area contributed by atoms with Crippen molar-refractivity contribution >= 4 is 11.6 Å². The third kappa shape index (κ3) is 2.85. The standard InChI is InChI=1S/C14H14N2O2/c1-16(12-4-6-13(17)7-5-12)14(18)9-11-3-2-8-15-10-11/h2-8,10,17H,9H2,1H3. The average molecular weight is 242 g/mol. The lowest BCUT2D eigenvalue weighted by atomic mass is 10.2. The summed E-state index contributed by atoms with van der Waals surface area (Å²) in [5, 5.41) is 9.20. The molecule has 0 unspecified atom stereocenters. The molecule has 1 amide bonds. The summed E-state index contributed by atoms with van der Waals surface area (Å²) in [5.41, 5.74) is 1.63. The Labute approximate surface area is 106 Å². The van der Waals surface area contributed by atoms with Crippen molar-refractivity contribution in [2.24, 2.45) is 0 Å². The van der Waals surface area contributed by atoms with Crippen molar-refractivity contribution in [2.45, 2.75) is 6.42 Å². The molecule has 0 aliphatic rings. The number of amides is 1. The van der Waals surface area contributed by atoms with E-state index in [4.69, 9.17) is 0 Å². The van der Waals surface area contributed by atoms with Crippen LogP contribution in [0.3, 0.4) is 0 Å². The highest BCUT2D eigenvalue weighted by atomic mass is 16.3. The maximum absolute atomic E-state index is 12.0. The lowest BCUT2D eigenvalue weighted by Gasteiger charge is -2.17. The Morgan fingerprint density at radius 2 is 2.00 bits per heavy atom. The predicted octanol–water partition coefficient (Wildman–Crippen LogP) is 1.99. The molecule has 1 aromatic heterocycles. The molecular formula is C14H14N2O2. The van der Waals surface area contributed by atoms with Crippen molar-refractivity contribution < 1.29 is 9.90 Å². The van der Waals surface area contributed by atoms with Crippen molar-refractivity contribution in [3.63, 3.8) is 0 Å². The summed E-state index contributed by atoms with van der Waals surface area (Å²) in [6.07, 6.45) is 3.67. The summed E-state index contributed by atoms with van der Waals surface area (Å²) in [4.78, 5) is 17.6. The van der Waals surface area contributed by atoms with Crippen LogP contribution in [-0.4, -0.2) is 23.0 Å². The highest BCUT2D eigenvalue weighted by molar-refractivity contribution is 5.94. The van der Waals surface area contributed by atoms with Gasteiger partial charge < -0.3 is 10.0 Å². The highest BCUT2D eigenvalue weighted by Crippen LogP contribution is 2.17. The first-order valence-electron chi connectivity index (χ1n) is 5.61. The summed E-state index contributed by atoms with van der Waals surface area (Å²) >= 11 is 0. The molecule has 18 heavy (non-hydrogen) atoms. The van der Waals surface area contributed by atoms with Gasteiger partial charge in [0.25, 0.3) is 0 Å². The quantitative estimate of drug-likeness (QED) is 0.895. The van der Waals surface area contributed by atoms with Crippen molar-refractivity contribution in [3.05, 3.63) is 54.4 Å². The Kier molecular flexibility index (Phi) is 3.57. The minimum Gasteiger partial charge on any atom is -0.508 e. The number of carbonyl (C=O) groups is 1. The van der Waals surface area contributed by atoms with E-state index < -0.39 is 0 Å². The van der Waals surface area contributed by atoms with Crippen molar-refractivity contribution in [1.82, 2.24) is 4.98 Å². The molecule has 4 nitrogen and oxygen atoms in total. The fourth-order valence-corrected chi connectivity index (χ4v) is 1.62. The molecule has 0 saturated carbocycles. The normalized spacial score (nSPS) is 10.1. The summed E-state index contributed by atoms with van der Waals surface area (Å²) in [5.74, 6) is 0.167. The maximum Gasteiger partial charge on any atom is 0.231 e. The average Bonchev–Trinajstić information content (AvgIpc) is 2.40. The Hall–Kier alpha value is -2.36. The van der Waals surface area contributed by atoms with Gasteiger partial charge in [-0.1, -0.05) is 6.07 Å². The van der Waals surface area contributed by atoms with Gasteiger partial charge in [-0.25, -0.2) is 0 Å². The number of phenolic OH excluding ortho intramolecular Hbond substituents is 1. The SMILES string of the molecule is CN(C(=O)Cc1cccnc1)c1ccc(O)cc1. The molecule has 0 aliphatic heterocycles. The monoisotopic (exact) mass is 242 g/mol. The largest absolute Gasteiger partial charge is 0.508 e. The molecule has 0 bridgehead atoms. The predicted molar refractivity (Wildman–Crippen MR) is 69.5 cm³/mol. The maximum atomic E-state index is 12.0. The second-order valence-corrected chi connectivity index (χ2v) is 4.01. The molecule has 0 spiro atoms. The topological polar surface area (TPSA) is 53.4 Å². The Morgan fingerprint density at radius 3 is 2.61 bits per heavy atom. The van der Waals surface area contributed by atoms with Crippen LogP contribution in [0.15, 0.2) is 48.8 Å². The molecule has 92 valence electrons. The van der Waals surface area contributed by atoms with Gasteiger partial charge in [-0.2, -0.15) is 0 Å². The van der Waals surface area contributed by atoms with E-state index in [0.717, 1.165) is 11.3 Å². The number of carbonyl (C=O) groups excluding carboxylic acids is 1. The van der Waals surface area contributed by atoms with Crippen LogP contribution in [-0.2, 0) is 11.2 Å². The zero-order valence-corrected chi connectivity index (χ0v) is 10.1. The third-order valence-electron chi connectivity index (χ3n) is 2.69. The second kappa shape index (κ2) is 5.31. The van der Waals surface area contributed by atoms with E-state index >= 15 is 0 Å². The molecule has 2 rings (SSSR count). The van der Waals surface area contributed by atoms with Gasteiger partial charge in [0.05, 0.1) is 6.42 Å². The fourth-order valence-electron chi connectivity index (χ4n) is 1.62. The highest BCUT2D eigenvalue weighted by Gasteiger charge is 2.11. The number of benzene rings is 1. The first kappa shape index (κ1) is 12.1. The van der Waals surface area contributed by atoms with Gasteiger partial charge in [0.1, 0.15) is 5.75 Å². The summed E-state index contributed by atoms with van der Waals surface area (Å²) in [6, 6.07) is 10.2. The van der Waals surface area contributed by atoms with E-state index in [1.54, 1.807) is 48.6 Å². The van der Waals surface area contributed by atoms with Crippen LogP contribution in [0.1, 0.15) is 5.56 Å². The molecule has 0 saturated heterocycles. The van der Waals surface area contributed by atoms with Gasteiger partial charge in [0.15, 0.2) is 0 Å². The molecule has 0 atom stereocenters. The number of anilines is 1. The molecule has 0 radical (unpaired) electrons. The number of phenols is 1. The van der Waals surface area contributed by atoms with Gasteiger partial charge in [0.2, 0.25) is 5.91 Å². The van der Waals surface area contributed by atoms with Gasteiger partial charge in [0, 0.05) is 25.1 Å². The van der Waals surface area contributed by atoms with Crippen molar-refractivity contribution in [3.8, 4) is 5.75 Å². The Bertz CT molecular complexity index is 523. The Balaban J connectivity index is 2.07. The molecule has 4 heteroatoms. The molecule has 1 aromatic carbocycles. The van der Waals surface area contributed by atoms with E-state index in [1.165, 1.54) is 0 Å². The zero-order chi connectivity index (χ0) is 13.0. The lowest BCUT2D eigenvalue weighted by molar-refractivity contribution is -0.117. The molecule has 0 aliphatic carbocycles. The number of rotatable bonds is 3. The summed E-state index contributed by atoms with van der Waals surface area (Å²) in [6.45, 7) is 0. The lowest BCUT2D eigenvalue weighted by Crippen LogP contribution is -2.27. The second-order valence-electron chi connectivity index (χ2n) is 4.01. The first-order chi connectivity index (χ1) is 8.66. The minimum atomic E-state index is -0.0197. The zero-order valence-electron chi connectivity index (χ0n) is 10.1. The molecule has 2 aromatic rings. The van der Waals surface area contributed by atoms with E-state index in [-0.39, 0.29) is 11.7 Å². The van der Waals surface area contributed by atoms with Crippen LogP contribution in [0.25, 0.3) is 0 Å². The van der Waals surface area contributed by atoms with Crippen LogP contribution in [0.4, 0.5) is 5.69 Å². The van der Waals surface area contributed by atoms with Gasteiger partial charge in [-0.3, -0.25) is 9.78 Å². The van der Waals surface area contributed by atoms with Gasteiger partial charge >= 0.3 is 0 Å². The van der Waals surface area contributed by atoms with Crippen molar-refractivity contribution in [2.75, 3.05) is 11.9 Å². The van der Waals surface area contributed by atoms with Crippen LogP contribution in [0.5, 0.6) is 5.75 Å².